The van der Waals surface area contributed by atoms with E-state index in [2.05, 4.69) is 15.3 Å². The van der Waals surface area contributed by atoms with Crippen molar-refractivity contribution in [1.29, 1.82) is 0 Å². The maximum Gasteiger partial charge on any atom is 0.207 e. The molecule has 0 bridgehead atoms. The van der Waals surface area contributed by atoms with E-state index < -0.39 is 0 Å². The lowest BCUT2D eigenvalue weighted by Gasteiger charge is -2.03. The molecule has 0 unspecified atom stereocenters. The number of hydrogen-bond donors (Lipinski definition) is 1. The van der Waals surface area contributed by atoms with Crippen molar-refractivity contribution in [1.82, 2.24) is 15.3 Å². The van der Waals surface area contributed by atoms with Crippen LogP contribution >= 0.6 is 23.5 Å². The number of rotatable bonds is 5. The van der Waals surface area contributed by atoms with Crippen molar-refractivity contribution in [3.05, 3.63) is 11.8 Å². The van der Waals surface area contributed by atoms with Crippen molar-refractivity contribution in [3.63, 3.8) is 0 Å². The Kier molecular flexibility index (Phi) is 4.75. The molecular formula is C8H11N3OS2. The highest BCUT2D eigenvalue weighted by atomic mass is 32.2. The number of hydrogen-bond acceptors (Lipinski definition) is 5. The fourth-order valence-electron chi connectivity index (χ4n) is 0.882. The molecule has 0 fully saturated rings. The molecule has 0 aliphatic heterocycles. The number of nitrogens with zero attached hydrogens (tertiary/aromatic N) is 2. The lowest BCUT2D eigenvalue weighted by Crippen LogP contribution is -2.11. The van der Waals surface area contributed by atoms with Gasteiger partial charge in [0.25, 0.3) is 0 Å². The molecule has 0 aliphatic rings. The number of amides is 1. The normalized spacial score (nSPS) is 9.86. The molecule has 6 heteroatoms. The third kappa shape index (κ3) is 3.19. The maximum absolute atomic E-state index is 10.1. The van der Waals surface area contributed by atoms with Crippen LogP contribution in [0.3, 0.4) is 0 Å². The maximum atomic E-state index is 10.1. The lowest BCUT2D eigenvalue weighted by molar-refractivity contribution is -0.109. The van der Waals surface area contributed by atoms with E-state index in [0.717, 1.165) is 15.9 Å². The van der Waals surface area contributed by atoms with Crippen LogP contribution in [0.2, 0.25) is 0 Å². The van der Waals surface area contributed by atoms with E-state index >= 15 is 0 Å². The van der Waals surface area contributed by atoms with E-state index in [-0.39, 0.29) is 0 Å². The summed E-state index contributed by atoms with van der Waals surface area (Å²) in [6.07, 6.45) is 4.55. The molecule has 0 aliphatic carbocycles. The molecular weight excluding hydrogens is 218 g/mol. The summed E-state index contributed by atoms with van der Waals surface area (Å²) in [5, 5.41) is 4.24. The highest BCUT2D eigenvalue weighted by molar-refractivity contribution is 7.99. The molecule has 1 heterocycles. The standard InChI is InChI=1S/C8H11N3OS2/c1-13-7-3-6(4-9-5-12)10-8(11-7)14-2/h3,5H,4H2,1-2H3,(H,9,12). The first-order valence-corrected chi connectivity index (χ1v) is 6.38. The molecule has 76 valence electrons. The third-order valence-corrected chi connectivity index (χ3v) is 2.67. The van der Waals surface area contributed by atoms with E-state index in [1.807, 2.05) is 18.6 Å². The molecule has 1 rings (SSSR count). The summed E-state index contributed by atoms with van der Waals surface area (Å²) in [7, 11) is 0. The minimum absolute atomic E-state index is 0.452. The Morgan fingerprint density at radius 1 is 1.43 bits per heavy atom. The van der Waals surface area contributed by atoms with Gasteiger partial charge in [-0.15, -0.1) is 11.8 Å². The summed E-state index contributed by atoms with van der Waals surface area (Å²) in [6, 6.07) is 1.88. The van der Waals surface area contributed by atoms with Gasteiger partial charge in [0.2, 0.25) is 6.41 Å². The van der Waals surface area contributed by atoms with Gasteiger partial charge >= 0.3 is 0 Å². The zero-order valence-corrected chi connectivity index (χ0v) is 9.61. The molecule has 1 aromatic heterocycles. The number of thioether (sulfide) groups is 2. The second kappa shape index (κ2) is 5.87. The third-order valence-electron chi connectivity index (χ3n) is 1.49. The summed E-state index contributed by atoms with van der Waals surface area (Å²) in [6.45, 7) is 0.452. The summed E-state index contributed by atoms with van der Waals surface area (Å²) in [5.74, 6) is 0. The highest BCUT2D eigenvalue weighted by Gasteiger charge is 2.02. The van der Waals surface area contributed by atoms with Crippen LogP contribution in [0.1, 0.15) is 5.69 Å². The van der Waals surface area contributed by atoms with Gasteiger partial charge in [-0.3, -0.25) is 4.79 Å². The van der Waals surface area contributed by atoms with Gasteiger partial charge in [0.05, 0.1) is 12.2 Å². The second-order valence-electron chi connectivity index (χ2n) is 2.39. The lowest BCUT2D eigenvalue weighted by atomic mass is 10.4. The van der Waals surface area contributed by atoms with Gasteiger partial charge in [-0.1, -0.05) is 11.8 Å². The Balaban J connectivity index is 2.86. The zero-order valence-electron chi connectivity index (χ0n) is 7.98. The summed E-state index contributed by atoms with van der Waals surface area (Å²) in [5.41, 5.74) is 0.834. The highest BCUT2D eigenvalue weighted by Crippen LogP contribution is 2.17. The first kappa shape index (κ1) is 11.3. The molecule has 0 saturated carbocycles. The van der Waals surface area contributed by atoms with Crippen LogP contribution in [0.25, 0.3) is 0 Å². The van der Waals surface area contributed by atoms with E-state index in [0.29, 0.717) is 13.0 Å². The van der Waals surface area contributed by atoms with Crippen LogP contribution in [0, 0.1) is 0 Å². The Bertz CT molecular complexity index is 297. The van der Waals surface area contributed by atoms with E-state index in [1.54, 1.807) is 11.8 Å². The summed E-state index contributed by atoms with van der Waals surface area (Å²) < 4.78 is 0. The van der Waals surface area contributed by atoms with Crippen molar-refractivity contribution >= 4 is 29.9 Å². The Morgan fingerprint density at radius 2 is 2.21 bits per heavy atom. The van der Waals surface area contributed by atoms with Crippen LogP contribution in [-0.2, 0) is 11.3 Å². The fraction of sp³-hybridized carbons (Fsp3) is 0.375. The van der Waals surface area contributed by atoms with Crippen LogP contribution in [0.15, 0.2) is 16.2 Å². The predicted molar refractivity (Wildman–Crippen MR) is 58.5 cm³/mol. The Morgan fingerprint density at radius 3 is 2.79 bits per heavy atom. The number of nitrogens with one attached hydrogen (secondary N) is 1. The monoisotopic (exact) mass is 229 g/mol. The van der Waals surface area contributed by atoms with Crippen LogP contribution in [0.4, 0.5) is 0 Å². The van der Waals surface area contributed by atoms with Gasteiger partial charge in [-0.05, 0) is 18.6 Å². The predicted octanol–water partition coefficient (Wildman–Crippen LogP) is 1.17. The largest absolute Gasteiger partial charge is 0.353 e. The van der Waals surface area contributed by atoms with Crippen molar-refractivity contribution in [2.24, 2.45) is 0 Å². The van der Waals surface area contributed by atoms with Crippen molar-refractivity contribution < 1.29 is 4.79 Å². The van der Waals surface area contributed by atoms with Crippen molar-refractivity contribution in [2.45, 2.75) is 16.7 Å². The Hall–Kier alpha value is -0.750. The molecule has 0 saturated heterocycles. The van der Waals surface area contributed by atoms with Crippen molar-refractivity contribution in [2.75, 3.05) is 12.5 Å². The Labute approximate surface area is 91.3 Å². The molecule has 0 aromatic carbocycles. The van der Waals surface area contributed by atoms with Gasteiger partial charge in [0.1, 0.15) is 5.03 Å². The van der Waals surface area contributed by atoms with Crippen LogP contribution in [-0.4, -0.2) is 28.9 Å². The fourth-order valence-corrected chi connectivity index (χ4v) is 1.77. The molecule has 1 aromatic rings. The first-order chi connectivity index (χ1) is 6.80. The van der Waals surface area contributed by atoms with E-state index in [1.165, 1.54) is 11.8 Å². The SMILES string of the molecule is CSc1cc(CNC=O)nc(SC)n1. The first-order valence-electron chi connectivity index (χ1n) is 3.93. The quantitative estimate of drug-likeness (QED) is 0.355. The van der Waals surface area contributed by atoms with Gasteiger partial charge in [0, 0.05) is 0 Å². The summed E-state index contributed by atoms with van der Waals surface area (Å²) in [4.78, 5) is 18.7. The number of aromatic nitrogens is 2. The second-order valence-corrected chi connectivity index (χ2v) is 3.99. The minimum Gasteiger partial charge on any atom is -0.353 e. The van der Waals surface area contributed by atoms with E-state index in [4.69, 9.17) is 0 Å². The molecule has 0 atom stereocenters. The number of carbonyl (C=O) groups excluding carboxylic acids is 1. The van der Waals surface area contributed by atoms with Crippen LogP contribution < -0.4 is 5.32 Å². The molecule has 0 spiro atoms. The van der Waals surface area contributed by atoms with Gasteiger partial charge < -0.3 is 5.32 Å². The molecule has 1 N–H and O–H groups in total. The van der Waals surface area contributed by atoms with Gasteiger partial charge in [0.15, 0.2) is 5.16 Å². The van der Waals surface area contributed by atoms with E-state index in [9.17, 15) is 4.79 Å². The minimum atomic E-state index is 0.452. The van der Waals surface area contributed by atoms with Gasteiger partial charge in [-0.25, -0.2) is 9.97 Å². The molecule has 1 amide bonds. The van der Waals surface area contributed by atoms with Crippen molar-refractivity contribution in [3.8, 4) is 0 Å². The van der Waals surface area contributed by atoms with Crippen LogP contribution in [0.5, 0.6) is 0 Å². The molecule has 14 heavy (non-hydrogen) atoms. The van der Waals surface area contributed by atoms with Gasteiger partial charge in [-0.2, -0.15) is 0 Å². The average molecular weight is 229 g/mol. The number of carbonyl (C=O) groups is 1. The molecule has 4 nitrogen and oxygen atoms in total. The summed E-state index contributed by atoms with van der Waals surface area (Å²) >= 11 is 3.06. The average Bonchev–Trinajstić information content (AvgIpc) is 2.25. The topological polar surface area (TPSA) is 54.9 Å². The molecule has 0 radical (unpaired) electrons. The smallest absolute Gasteiger partial charge is 0.207 e. The zero-order chi connectivity index (χ0) is 10.4.